The van der Waals surface area contributed by atoms with Gasteiger partial charge in [-0.1, -0.05) is 61.5 Å². The van der Waals surface area contributed by atoms with Crippen molar-refractivity contribution in [3.63, 3.8) is 0 Å². The molecule has 0 amide bonds. The number of aliphatic hydroxyl groups is 1. The molecule has 0 spiro atoms. The summed E-state index contributed by atoms with van der Waals surface area (Å²) in [5, 5.41) is 10.6. The van der Waals surface area contributed by atoms with Gasteiger partial charge in [0.15, 0.2) is 0 Å². The van der Waals surface area contributed by atoms with Crippen LogP contribution in [0.4, 0.5) is 0 Å². The molecule has 1 unspecified atom stereocenters. The zero-order valence-electron chi connectivity index (χ0n) is 16.0. The zero-order chi connectivity index (χ0) is 18.4. The minimum absolute atomic E-state index is 0.137. The standard InChI is InChI=1S/C23H31NO2/c1-18-9-8-14-24(15-18)16-21(25)17-26-23(20-11-4-3-5-12-20)22-13-7-6-10-19(22)2/h3-7,10-13,18,21,23,25H,8-9,14-17H2,1-2H3/p+1/t18-,21+,23-/m0/s1. The highest BCUT2D eigenvalue weighted by atomic mass is 16.5. The van der Waals surface area contributed by atoms with Crippen LogP contribution in [0.25, 0.3) is 0 Å². The van der Waals surface area contributed by atoms with E-state index in [1.54, 1.807) is 0 Å². The molecule has 1 heterocycles. The number of hydrogen-bond acceptors (Lipinski definition) is 2. The molecule has 140 valence electrons. The molecule has 1 aliphatic heterocycles. The summed E-state index contributed by atoms with van der Waals surface area (Å²) >= 11 is 0. The molecule has 0 radical (unpaired) electrons. The summed E-state index contributed by atoms with van der Waals surface area (Å²) in [4.78, 5) is 1.51. The van der Waals surface area contributed by atoms with Crippen molar-refractivity contribution >= 4 is 0 Å². The van der Waals surface area contributed by atoms with E-state index in [0.29, 0.717) is 6.61 Å². The minimum Gasteiger partial charge on any atom is -0.385 e. The van der Waals surface area contributed by atoms with E-state index in [-0.39, 0.29) is 6.10 Å². The number of nitrogens with one attached hydrogen (secondary N) is 1. The van der Waals surface area contributed by atoms with Crippen LogP contribution in [0.3, 0.4) is 0 Å². The molecule has 3 nitrogen and oxygen atoms in total. The van der Waals surface area contributed by atoms with Crippen molar-refractivity contribution in [1.82, 2.24) is 0 Å². The van der Waals surface area contributed by atoms with E-state index in [1.165, 1.54) is 35.4 Å². The third kappa shape index (κ3) is 5.16. The lowest BCUT2D eigenvalue weighted by Gasteiger charge is -2.30. The Labute approximate surface area is 157 Å². The van der Waals surface area contributed by atoms with E-state index in [9.17, 15) is 5.11 Å². The Hall–Kier alpha value is -1.68. The van der Waals surface area contributed by atoms with E-state index in [0.717, 1.165) is 24.6 Å². The first-order valence-corrected chi connectivity index (χ1v) is 9.87. The minimum atomic E-state index is -0.425. The van der Waals surface area contributed by atoms with Gasteiger partial charge in [0.1, 0.15) is 18.8 Å². The van der Waals surface area contributed by atoms with Gasteiger partial charge in [-0.15, -0.1) is 0 Å². The summed E-state index contributed by atoms with van der Waals surface area (Å²) in [5.74, 6) is 0.760. The fraction of sp³-hybridized carbons (Fsp3) is 0.478. The molecule has 0 bridgehead atoms. The number of piperidine rings is 1. The molecule has 2 aromatic rings. The van der Waals surface area contributed by atoms with E-state index >= 15 is 0 Å². The monoisotopic (exact) mass is 354 g/mol. The second-order valence-electron chi connectivity index (χ2n) is 7.79. The van der Waals surface area contributed by atoms with Crippen molar-refractivity contribution in [3.8, 4) is 0 Å². The van der Waals surface area contributed by atoms with Gasteiger partial charge in [-0.2, -0.15) is 0 Å². The van der Waals surface area contributed by atoms with Crippen LogP contribution in [-0.2, 0) is 4.74 Å². The maximum Gasteiger partial charge on any atom is 0.126 e. The number of aliphatic hydroxyl groups excluding tert-OH is 1. The van der Waals surface area contributed by atoms with Gasteiger partial charge in [0, 0.05) is 5.92 Å². The molecule has 1 aliphatic rings. The van der Waals surface area contributed by atoms with Crippen molar-refractivity contribution in [2.24, 2.45) is 5.92 Å². The van der Waals surface area contributed by atoms with Crippen molar-refractivity contribution in [2.45, 2.75) is 38.9 Å². The smallest absolute Gasteiger partial charge is 0.126 e. The average molecular weight is 355 g/mol. The number of benzene rings is 2. The summed E-state index contributed by atoms with van der Waals surface area (Å²) in [7, 11) is 0. The highest BCUT2D eigenvalue weighted by molar-refractivity contribution is 5.35. The van der Waals surface area contributed by atoms with Crippen LogP contribution in [0.2, 0.25) is 0 Å². The maximum atomic E-state index is 10.6. The molecule has 1 fully saturated rings. The number of hydrogen-bond donors (Lipinski definition) is 2. The highest BCUT2D eigenvalue weighted by Crippen LogP contribution is 2.28. The van der Waals surface area contributed by atoms with Crippen LogP contribution < -0.4 is 4.90 Å². The SMILES string of the molecule is Cc1ccccc1[C@@H](OC[C@H](O)C[NH+]1CCC[C@H](C)C1)c1ccccc1. The van der Waals surface area contributed by atoms with Gasteiger partial charge < -0.3 is 14.7 Å². The van der Waals surface area contributed by atoms with Gasteiger partial charge in [0.2, 0.25) is 0 Å². The zero-order valence-corrected chi connectivity index (χ0v) is 16.0. The van der Waals surface area contributed by atoms with Crippen LogP contribution in [0.15, 0.2) is 54.6 Å². The Morgan fingerprint density at radius 3 is 2.58 bits per heavy atom. The second kappa shape index (κ2) is 9.31. The van der Waals surface area contributed by atoms with E-state index in [1.807, 2.05) is 18.2 Å². The quantitative estimate of drug-likeness (QED) is 0.802. The van der Waals surface area contributed by atoms with Gasteiger partial charge in [0.25, 0.3) is 0 Å². The molecule has 4 atom stereocenters. The Morgan fingerprint density at radius 2 is 1.85 bits per heavy atom. The van der Waals surface area contributed by atoms with Crippen molar-refractivity contribution < 1.29 is 14.7 Å². The molecule has 3 heteroatoms. The van der Waals surface area contributed by atoms with E-state index in [2.05, 4.69) is 50.2 Å². The Balaban J connectivity index is 1.65. The molecule has 3 rings (SSSR count). The normalized spacial score (nSPS) is 22.7. The molecule has 0 aromatic heterocycles. The van der Waals surface area contributed by atoms with E-state index in [4.69, 9.17) is 4.74 Å². The second-order valence-corrected chi connectivity index (χ2v) is 7.79. The van der Waals surface area contributed by atoms with Crippen LogP contribution in [0.5, 0.6) is 0 Å². The summed E-state index contributed by atoms with van der Waals surface area (Å²) in [6, 6.07) is 18.6. The van der Waals surface area contributed by atoms with Gasteiger partial charge in [-0.25, -0.2) is 0 Å². The summed E-state index contributed by atoms with van der Waals surface area (Å²) in [6.07, 6.45) is 2.02. The van der Waals surface area contributed by atoms with Crippen molar-refractivity contribution in [1.29, 1.82) is 0 Å². The lowest BCUT2D eigenvalue weighted by atomic mass is 9.97. The third-order valence-electron chi connectivity index (χ3n) is 5.42. The average Bonchev–Trinajstić information content (AvgIpc) is 2.64. The molecule has 0 saturated carbocycles. The predicted molar refractivity (Wildman–Crippen MR) is 105 cm³/mol. The number of quaternary nitrogens is 1. The van der Waals surface area contributed by atoms with Crippen LogP contribution in [-0.4, -0.2) is 37.5 Å². The molecule has 2 N–H and O–H groups in total. The molecule has 26 heavy (non-hydrogen) atoms. The largest absolute Gasteiger partial charge is 0.385 e. The number of likely N-dealkylation sites (tertiary alicyclic amines) is 1. The number of rotatable bonds is 7. The predicted octanol–water partition coefficient (Wildman–Crippen LogP) is 2.78. The fourth-order valence-electron chi connectivity index (χ4n) is 4.06. The number of aryl methyl sites for hydroxylation is 1. The van der Waals surface area contributed by atoms with Crippen LogP contribution in [0, 0.1) is 12.8 Å². The first-order valence-electron chi connectivity index (χ1n) is 9.87. The van der Waals surface area contributed by atoms with Crippen molar-refractivity contribution in [3.05, 3.63) is 71.3 Å². The first-order chi connectivity index (χ1) is 12.6. The first kappa shape index (κ1) is 19.1. The van der Waals surface area contributed by atoms with Gasteiger partial charge >= 0.3 is 0 Å². The van der Waals surface area contributed by atoms with Crippen molar-refractivity contribution in [2.75, 3.05) is 26.2 Å². The Morgan fingerprint density at radius 1 is 1.12 bits per heavy atom. The lowest BCUT2D eigenvalue weighted by Crippen LogP contribution is -3.14. The fourth-order valence-corrected chi connectivity index (χ4v) is 4.06. The molecular weight excluding hydrogens is 322 g/mol. The maximum absolute atomic E-state index is 10.6. The summed E-state index contributed by atoms with van der Waals surface area (Å²) < 4.78 is 6.26. The topological polar surface area (TPSA) is 33.9 Å². The van der Waals surface area contributed by atoms with Crippen LogP contribution in [0.1, 0.15) is 42.6 Å². The molecule has 2 aromatic carbocycles. The van der Waals surface area contributed by atoms with Gasteiger partial charge in [0.05, 0.1) is 19.7 Å². The highest BCUT2D eigenvalue weighted by Gasteiger charge is 2.24. The van der Waals surface area contributed by atoms with E-state index < -0.39 is 6.10 Å². The summed E-state index contributed by atoms with van der Waals surface area (Å²) in [6.45, 7) is 7.90. The van der Waals surface area contributed by atoms with Gasteiger partial charge in [-0.3, -0.25) is 0 Å². The van der Waals surface area contributed by atoms with Gasteiger partial charge in [-0.05, 0) is 36.5 Å². The third-order valence-corrected chi connectivity index (χ3v) is 5.42. The Bertz CT molecular complexity index is 673. The molecular formula is C23H32NO2+. The molecule has 1 saturated heterocycles. The molecule has 0 aliphatic carbocycles. The Kier molecular flexibility index (Phi) is 6.84. The lowest BCUT2D eigenvalue weighted by molar-refractivity contribution is -0.911. The van der Waals surface area contributed by atoms with Crippen LogP contribution >= 0.6 is 0 Å². The number of ether oxygens (including phenoxy) is 1. The summed E-state index contributed by atoms with van der Waals surface area (Å²) in [5.41, 5.74) is 3.52.